The summed E-state index contributed by atoms with van der Waals surface area (Å²) < 4.78 is 6.68. The van der Waals surface area contributed by atoms with Gasteiger partial charge in [-0.05, 0) is 19.1 Å². The van der Waals surface area contributed by atoms with E-state index in [0.29, 0.717) is 30.2 Å². The maximum Gasteiger partial charge on any atom is 0.324 e. The first-order valence-electron chi connectivity index (χ1n) is 7.65. The standard InChI is InChI=1S/C16H19N3O3S/c1-2-22-16(21)13-11-23-8-7-18(13)10-12-9-15(20)19-6-4-3-5-14(19)17-12/h3-6,9,13H,2,7-8,10-11H2,1H3/t13-/m1/s1. The molecule has 122 valence electrons. The normalized spacial score (nSPS) is 18.9. The lowest BCUT2D eigenvalue weighted by Crippen LogP contribution is -2.47. The minimum Gasteiger partial charge on any atom is -0.465 e. The van der Waals surface area contributed by atoms with Gasteiger partial charge in [-0.25, -0.2) is 4.98 Å². The highest BCUT2D eigenvalue weighted by Crippen LogP contribution is 2.19. The molecule has 2 aromatic heterocycles. The van der Waals surface area contributed by atoms with E-state index >= 15 is 0 Å². The second kappa shape index (κ2) is 7.14. The van der Waals surface area contributed by atoms with Crippen molar-refractivity contribution < 1.29 is 9.53 Å². The third-order valence-electron chi connectivity index (χ3n) is 3.79. The van der Waals surface area contributed by atoms with Crippen LogP contribution < -0.4 is 5.56 Å². The average molecular weight is 333 g/mol. The molecular weight excluding hydrogens is 314 g/mol. The zero-order chi connectivity index (χ0) is 16.2. The SMILES string of the molecule is CCOC(=O)[C@H]1CSCCN1Cc1cc(=O)n2ccccc2n1. The van der Waals surface area contributed by atoms with Crippen LogP contribution in [-0.4, -0.2) is 51.0 Å². The molecule has 0 N–H and O–H groups in total. The van der Waals surface area contributed by atoms with Gasteiger partial charge < -0.3 is 4.74 Å². The molecular formula is C16H19N3O3S. The summed E-state index contributed by atoms with van der Waals surface area (Å²) >= 11 is 1.75. The molecule has 1 atom stereocenters. The van der Waals surface area contributed by atoms with Crippen LogP contribution in [0.4, 0.5) is 0 Å². The molecule has 1 fully saturated rings. The van der Waals surface area contributed by atoms with Crippen LogP contribution >= 0.6 is 11.8 Å². The summed E-state index contributed by atoms with van der Waals surface area (Å²) in [6, 6.07) is 6.72. The molecule has 1 saturated heterocycles. The fourth-order valence-corrected chi connectivity index (χ4v) is 3.78. The lowest BCUT2D eigenvalue weighted by atomic mass is 10.2. The van der Waals surface area contributed by atoms with E-state index < -0.39 is 0 Å². The Morgan fingerprint density at radius 1 is 1.48 bits per heavy atom. The molecule has 0 radical (unpaired) electrons. The highest BCUT2D eigenvalue weighted by molar-refractivity contribution is 7.99. The summed E-state index contributed by atoms with van der Waals surface area (Å²) in [6.07, 6.45) is 1.70. The molecule has 6 nitrogen and oxygen atoms in total. The predicted molar refractivity (Wildman–Crippen MR) is 89.6 cm³/mol. The number of hydrogen-bond acceptors (Lipinski definition) is 6. The molecule has 3 heterocycles. The van der Waals surface area contributed by atoms with Gasteiger partial charge in [-0.3, -0.25) is 18.9 Å². The zero-order valence-corrected chi connectivity index (χ0v) is 13.8. The Morgan fingerprint density at radius 2 is 2.35 bits per heavy atom. The number of hydrogen-bond donors (Lipinski definition) is 0. The second-order valence-corrected chi connectivity index (χ2v) is 6.48. The van der Waals surface area contributed by atoms with Crippen LogP contribution in [-0.2, 0) is 16.1 Å². The van der Waals surface area contributed by atoms with Crippen LogP contribution in [0.2, 0.25) is 0 Å². The van der Waals surface area contributed by atoms with Gasteiger partial charge in [0.2, 0.25) is 0 Å². The third kappa shape index (κ3) is 3.56. The van der Waals surface area contributed by atoms with Gasteiger partial charge in [0.25, 0.3) is 5.56 Å². The molecule has 1 aliphatic heterocycles. The van der Waals surface area contributed by atoms with Gasteiger partial charge in [-0.1, -0.05) is 6.07 Å². The quantitative estimate of drug-likeness (QED) is 0.783. The van der Waals surface area contributed by atoms with Crippen molar-refractivity contribution in [3.8, 4) is 0 Å². The third-order valence-corrected chi connectivity index (χ3v) is 4.81. The Labute approximate surface area is 138 Å². The van der Waals surface area contributed by atoms with Crippen molar-refractivity contribution in [3.05, 3.63) is 46.5 Å². The summed E-state index contributed by atoms with van der Waals surface area (Å²) in [5, 5.41) is 0. The fraction of sp³-hybridized carbons (Fsp3) is 0.438. The molecule has 0 aromatic carbocycles. The summed E-state index contributed by atoms with van der Waals surface area (Å²) in [4.78, 5) is 30.9. The van der Waals surface area contributed by atoms with Crippen molar-refractivity contribution in [2.75, 3.05) is 24.7 Å². The van der Waals surface area contributed by atoms with Crippen LogP contribution in [0.15, 0.2) is 35.3 Å². The van der Waals surface area contributed by atoms with Crippen LogP contribution in [0.25, 0.3) is 5.65 Å². The van der Waals surface area contributed by atoms with E-state index in [-0.39, 0.29) is 17.6 Å². The Morgan fingerprint density at radius 3 is 3.17 bits per heavy atom. The van der Waals surface area contributed by atoms with Gasteiger partial charge in [-0.2, -0.15) is 11.8 Å². The highest BCUT2D eigenvalue weighted by Gasteiger charge is 2.30. The first-order valence-corrected chi connectivity index (χ1v) is 8.80. The molecule has 7 heteroatoms. The molecule has 2 aromatic rings. The lowest BCUT2D eigenvalue weighted by molar-refractivity contribution is -0.148. The maximum absolute atomic E-state index is 12.2. The van der Waals surface area contributed by atoms with Gasteiger partial charge in [0.15, 0.2) is 0 Å². The van der Waals surface area contributed by atoms with Crippen molar-refractivity contribution in [3.63, 3.8) is 0 Å². The number of carbonyl (C=O) groups excluding carboxylic acids is 1. The Kier molecular flexibility index (Phi) is 4.97. The zero-order valence-electron chi connectivity index (χ0n) is 13.0. The van der Waals surface area contributed by atoms with Crippen LogP contribution in [0.3, 0.4) is 0 Å². The highest BCUT2D eigenvalue weighted by atomic mass is 32.2. The summed E-state index contributed by atoms with van der Waals surface area (Å²) in [7, 11) is 0. The number of pyridine rings is 1. The number of fused-ring (bicyclic) bond motifs is 1. The largest absolute Gasteiger partial charge is 0.465 e. The topological polar surface area (TPSA) is 63.9 Å². The van der Waals surface area contributed by atoms with Crippen molar-refractivity contribution in [1.82, 2.24) is 14.3 Å². The number of esters is 1. The minimum absolute atomic E-state index is 0.107. The molecule has 23 heavy (non-hydrogen) atoms. The van der Waals surface area contributed by atoms with Gasteiger partial charge in [0.1, 0.15) is 11.7 Å². The first kappa shape index (κ1) is 16.0. The Bertz CT molecular complexity index is 762. The number of nitrogens with zero attached hydrogens (tertiary/aromatic N) is 3. The van der Waals surface area contributed by atoms with Crippen molar-refractivity contribution in [2.45, 2.75) is 19.5 Å². The van der Waals surface area contributed by atoms with Gasteiger partial charge >= 0.3 is 5.97 Å². The molecule has 1 aliphatic rings. The van der Waals surface area contributed by atoms with E-state index in [1.54, 1.807) is 30.1 Å². The molecule has 0 saturated carbocycles. The van der Waals surface area contributed by atoms with Gasteiger partial charge in [0.05, 0.1) is 12.3 Å². The predicted octanol–water partition coefficient (Wildman–Crippen LogP) is 1.17. The summed E-state index contributed by atoms with van der Waals surface area (Å²) in [5.74, 6) is 1.48. The summed E-state index contributed by atoms with van der Waals surface area (Å²) in [6.45, 7) is 3.45. The molecule has 0 aliphatic carbocycles. The van der Waals surface area contributed by atoms with Crippen molar-refractivity contribution in [1.29, 1.82) is 0 Å². The molecule has 3 rings (SSSR count). The summed E-state index contributed by atoms with van der Waals surface area (Å²) in [5.41, 5.74) is 1.20. The maximum atomic E-state index is 12.2. The smallest absolute Gasteiger partial charge is 0.324 e. The molecule has 0 bridgehead atoms. The number of rotatable bonds is 4. The average Bonchev–Trinajstić information content (AvgIpc) is 2.55. The van der Waals surface area contributed by atoms with Crippen LogP contribution in [0, 0.1) is 0 Å². The molecule has 0 amide bonds. The number of thioether (sulfide) groups is 1. The second-order valence-electron chi connectivity index (χ2n) is 5.33. The van der Waals surface area contributed by atoms with Crippen molar-refractivity contribution >= 4 is 23.4 Å². The first-order chi connectivity index (χ1) is 11.2. The van der Waals surface area contributed by atoms with E-state index in [0.717, 1.165) is 12.3 Å². The molecule has 0 unspecified atom stereocenters. The van der Waals surface area contributed by atoms with E-state index in [4.69, 9.17) is 4.74 Å². The number of carbonyl (C=O) groups is 1. The number of aromatic nitrogens is 2. The van der Waals surface area contributed by atoms with Gasteiger partial charge in [-0.15, -0.1) is 0 Å². The van der Waals surface area contributed by atoms with E-state index in [9.17, 15) is 9.59 Å². The van der Waals surface area contributed by atoms with Crippen LogP contribution in [0.5, 0.6) is 0 Å². The molecule has 0 spiro atoms. The van der Waals surface area contributed by atoms with E-state index in [1.807, 2.05) is 13.0 Å². The Hall–Kier alpha value is -1.86. The van der Waals surface area contributed by atoms with Gasteiger partial charge in [0, 0.05) is 36.9 Å². The number of ether oxygens (including phenoxy) is 1. The lowest BCUT2D eigenvalue weighted by Gasteiger charge is -2.33. The minimum atomic E-state index is -0.273. The van der Waals surface area contributed by atoms with Crippen molar-refractivity contribution in [2.24, 2.45) is 0 Å². The monoisotopic (exact) mass is 333 g/mol. The van der Waals surface area contributed by atoms with E-state index in [1.165, 1.54) is 10.5 Å². The Balaban J connectivity index is 1.84. The van der Waals surface area contributed by atoms with Crippen LogP contribution in [0.1, 0.15) is 12.6 Å². The van der Waals surface area contributed by atoms with E-state index in [2.05, 4.69) is 9.88 Å². The fourth-order valence-electron chi connectivity index (χ4n) is 2.67.